The second-order valence-corrected chi connectivity index (χ2v) is 5.60. The van der Waals surface area contributed by atoms with Gasteiger partial charge in [-0.3, -0.25) is 0 Å². The van der Waals surface area contributed by atoms with Crippen molar-refractivity contribution in [3.63, 3.8) is 0 Å². The van der Waals surface area contributed by atoms with Gasteiger partial charge in [0.25, 0.3) is 0 Å². The summed E-state index contributed by atoms with van der Waals surface area (Å²) in [7, 11) is 1.67. The number of ether oxygens (including phenoxy) is 4. The van der Waals surface area contributed by atoms with Crippen LogP contribution in [0.2, 0.25) is 0 Å². The smallest absolute Gasteiger partial charge is 0.198 e. The van der Waals surface area contributed by atoms with Gasteiger partial charge in [-0.05, 0) is 6.92 Å². The van der Waals surface area contributed by atoms with E-state index in [4.69, 9.17) is 18.9 Å². The van der Waals surface area contributed by atoms with Crippen molar-refractivity contribution in [3.05, 3.63) is 0 Å². The topological polar surface area (TPSA) is 57.2 Å². The monoisotopic (exact) mass is 228 g/mol. The van der Waals surface area contributed by atoms with Crippen LogP contribution in [0.15, 0.2) is 0 Å². The molecule has 5 nitrogen and oxygen atoms in total. The summed E-state index contributed by atoms with van der Waals surface area (Å²) in [5.74, 6) is -1.37. The fourth-order valence-corrected chi connectivity index (χ4v) is 3.90. The summed E-state index contributed by atoms with van der Waals surface area (Å²) >= 11 is 0. The Labute approximate surface area is 93.6 Å². The molecule has 4 aliphatic rings. The van der Waals surface area contributed by atoms with Gasteiger partial charge in [0.05, 0.1) is 6.61 Å². The van der Waals surface area contributed by atoms with Gasteiger partial charge in [-0.2, -0.15) is 0 Å². The van der Waals surface area contributed by atoms with E-state index in [1.54, 1.807) is 7.11 Å². The largest absolute Gasteiger partial charge is 0.363 e. The Hall–Kier alpha value is -0.200. The van der Waals surface area contributed by atoms with Crippen LogP contribution in [0.5, 0.6) is 0 Å². The van der Waals surface area contributed by atoms with Crippen LogP contribution >= 0.6 is 0 Å². The van der Waals surface area contributed by atoms with Crippen molar-refractivity contribution in [2.75, 3.05) is 13.7 Å². The zero-order valence-corrected chi connectivity index (χ0v) is 9.43. The first-order chi connectivity index (χ1) is 7.52. The van der Waals surface area contributed by atoms with Crippen LogP contribution in [-0.4, -0.2) is 42.3 Å². The Bertz CT molecular complexity index is 360. The van der Waals surface area contributed by atoms with E-state index in [2.05, 4.69) is 0 Å². The van der Waals surface area contributed by atoms with E-state index in [0.717, 1.165) is 0 Å². The van der Waals surface area contributed by atoms with E-state index in [9.17, 15) is 5.11 Å². The summed E-state index contributed by atoms with van der Waals surface area (Å²) in [6.45, 7) is 2.48. The van der Waals surface area contributed by atoms with Crippen LogP contribution in [0.1, 0.15) is 19.8 Å². The number of rotatable bonds is 1. The van der Waals surface area contributed by atoms with Gasteiger partial charge in [0.2, 0.25) is 0 Å². The normalized spacial score (nSPS) is 66.6. The zero-order chi connectivity index (χ0) is 11.2. The van der Waals surface area contributed by atoms with E-state index in [-0.39, 0.29) is 18.1 Å². The molecule has 16 heavy (non-hydrogen) atoms. The minimum Gasteiger partial charge on any atom is -0.363 e. The molecule has 0 aromatic heterocycles. The number of hydrogen-bond acceptors (Lipinski definition) is 5. The Balaban J connectivity index is 1.88. The number of hydrogen-bond donors (Lipinski definition) is 1. The molecule has 0 unspecified atom stereocenters. The van der Waals surface area contributed by atoms with Crippen LogP contribution in [0, 0.1) is 11.8 Å². The second kappa shape index (κ2) is 2.47. The third-order valence-corrected chi connectivity index (χ3v) is 4.89. The molecule has 6 atom stereocenters. The molecule has 3 bridgehead atoms. The van der Waals surface area contributed by atoms with Crippen LogP contribution in [0.4, 0.5) is 0 Å². The molecule has 1 aliphatic carbocycles. The molecule has 0 radical (unpaired) electrons. The maximum Gasteiger partial charge on any atom is 0.198 e. The van der Waals surface area contributed by atoms with Gasteiger partial charge in [0, 0.05) is 31.8 Å². The fraction of sp³-hybridized carbons (Fsp3) is 1.00. The first-order valence-corrected chi connectivity index (χ1v) is 5.79. The van der Waals surface area contributed by atoms with Crippen molar-refractivity contribution in [2.45, 2.75) is 43.2 Å². The van der Waals surface area contributed by atoms with Crippen LogP contribution < -0.4 is 0 Å². The minimum atomic E-state index is -1.16. The highest BCUT2D eigenvalue weighted by Gasteiger charge is 2.76. The highest BCUT2D eigenvalue weighted by Crippen LogP contribution is 2.64. The van der Waals surface area contributed by atoms with Crippen molar-refractivity contribution < 1.29 is 24.1 Å². The first kappa shape index (κ1) is 9.79. The van der Waals surface area contributed by atoms with Crippen molar-refractivity contribution in [1.29, 1.82) is 0 Å². The molecule has 1 saturated carbocycles. The van der Waals surface area contributed by atoms with Gasteiger partial charge >= 0.3 is 0 Å². The maximum atomic E-state index is 10.5. The van der Waals surface area contributed by atoms with Crippen LogP contribution in [0.25, 0.3) is 0 Å². The summed E-state index contributed by atoms with van der Waals surface area (Å²) in [5.41, 5.74) is -0.709. The lowest BCUT2D eigenvalue weighted by Gasteiger charge is -2.50. The standard InChI is InChI=1S/C11H16O5/c1-9-5-10(13-2)7-3-11(9,12)16-8(15-9)6(7)4-14-10/h6-8,12H,3-5H2,1-2H3/t6-,7+,8-,9-,10+,11+/m0/s1. The zero-order valence-electron chi connectivity index (χ0n) is 9.43. The van der Waals surface area contributed by atoms with Crippen molar-refractivity contribution in [1.82, 2.24) is 0 Å². The molecule has 5 heteroatoms. The van der Waals surface area contributed by atoms with Crippen LogP contribution in [0.3, 0.4) is 0 Å². The number of methoxy groups -OCH3 is 1. The molecule has 0 aromatic carbocycles. The third kappa shape index (κ3) is 0.811. The van der Waals surface area contributed by atoms with Gasteiger partial charge in [0.1, 0.15) is 5.60 Å². The Kier molecular flexibility index (Phi) is 1.51. The molecule has 0 amide bonds. The Morgan fingerprint density at radius 3 is 2.94 bits per heavy atom. The van der Waals surface area contributed by atoms with E-state index in [1.807, 2.05) is 6.92 Å². The van der Waals surface area contributed by atoms with Gasteiger partial charge in [-0.1, -0.05) is 0 Å². The fourth-order valence-electron chi connectivity index (χ4n) is 3.90. The molecule has 4 rings (SSSR count). The summed E-state index contributed by atoms with van der Waals surface area (Å²) in [6, 6.07) is 0. The van der Waals surface area contributed by atoms with E-state index in [1.165, 1.54) is 0 Å². The van der Waals surface area contributed by atoms with Crippen molar-refractivity contribution in [2.24, 2.45) is 11.8 Å². The summed E-state index contributed by atoms with van der Waals surface area (Å²) in [6.07, 6.45) is 0.733. The number of aliphatic hydroxyl groups is 1. The Morgan fingerprint density at radius 1 is 1.38 bits per heavy atom. The summed E-state index contributed by atoms with van der Waals surface area (Å²) in [4.78, 5) is 0. The lowest BCUT2D eigenvalue weighted by atomic mass is 9.68. The number of fused-ring (bicyclic) bond motifs is 2. The quantitative estimate of drug-likeness (QED) is 0.695. The van der Waals surface area contributed by atoms with Gasteiger partial charge in [-0.25, -0.2) is 0 Å². The molecular formula is C11H16O5. The first-order valence-electron chi connectivity index (χ1n) is 5.79. The molecule has 3 saturated heterocycles. The highest BCUT2D eigenvalue weighted by molar-refractivity contribution is 5.15. The molecule has 1 N–H and O–H groups in total. The lowest BCUT2D eigenvalue weighted by Crippen LogP contribution is -2.63. The third-order valence-electron chi connectivity index (χ3n) is 4.89. The average molecular weight is 228 g/mol. The van der Waals surface area contributed by atoms with E-state index in [0.29, 0.717) is 19.4 Å². The molecule has 0 aromatic rings. The molecular weight excluding hydrogens is 212 g/mol. The summed E-state index contributed by atoms with van der Waals surface area (Å²) < 4.78 is 23.0. The predicted molar refractivity (Wildman–Crippen MR) is 51.2 cm³/mol. The predicted octanol–water partition coefficient (Wildman–Crippen LogP) is 0.219. The van der Waals surface area contributed by atoms with Crippen molar-refractivity contribution >= 4 is 0 Å². The maximum absolute atomic E-state index is 10.5. The van der Waals surface area contributed by atoms with E-state index >= 15 is 0 Å². The SMILES string of the molecule is CO[C@@]12C[C@]3(C)O[C@H]4O[C@]3(O)C[C@@H]1[C@@H]4CO2. The van der Waals surface area contributed by atoms with E-state index < -0.39 is 17.2 Å². The summed E-state index contributed by atoms with van der Waals surface area (Å²) in [5, 5.41) is 10.5. The van der Waals surface area contributed by atoms with Gasteiger partial charge < -0.3 is 24.1 Å². The molecule has 90 valence electrons. The van der Waals surface area contributed by atoms with Gasteiger partial charge in [-0.15, -0.1) is 0 Å². The second-order valence-electron chi connectivity index (χ2n) is 5.60. The molecule has 3 aliphatic heterocycles. The van der Waals surface area contributed by atoms with Crippen LogP contribution in [-0.2, 0) is 18.9 Å². The average Bonchev–Trinajstić information content (AvgIpc) is 2.64. The van der Waals surface area contributed by atoms with Gasteiger partial charge in [0.15, 0.2) is 17.9 Å². The minimum absolute atomic E-state index is 0.178. The molecule has 0 spiro atoms. The lowest BCUT2D eigenvalue weighted by molar-refractivity contribution is -0.327. The molecule has 4 fully saturated rings. The van der Waals surface area contributed by atoms with Crippen molar-refractivity contribution in [3.8, 4) is 0 Å². The Morgan fingerprint density at radius 2 is 2.19 bits per heavy atom. The molecule has 3 heterocycles. The highest BCUT2D eigenvalue weighted by atomic mass is 16.8.